The van der Waals surface area contributed by atoms with Crippen LogP contribution in [0.15, 0.2) is 48.8 Å². The van der Waals surface area contributed by atoms with Gasteiger partial charge in [-0.2, -0.15) is 5.26 Å². The fourth-order valence-corrected chi connectivity index (χ4v) is 4.48. The second kappa shape index (κ2) is 10.6. The van der Waals surface area contributed by atoms with Crippen LogP contribution in [0.5, 0.6) is 17.2 Å². The number of ether oxygens (including phenoxy) is 3. The fourth-order valence-electron chi connectivity index (χ4n) is 4.48. The molecule has 11 heteroatoms. The number of anilines is 3. The van der Waals surface area contributed by atoms with Crippen LogP contribution in [-0.4, -0.2) is 60.4 Å². The maximum absolute atomic E-state index is 14.4. The third kappa shape index (κ3) is 5.18. The van der Waals surface area contributed by atoms with Crippen molar-refractivity contribution >= 4 is 23.4 Å². The van der Waals surface area contributed by atoms with Crippen LogP contribution in [0, 0.1) is 17.1 Å². The lowest BCUT2D eigenvalue weighted by molar-refractivity contribution is 0.137. The molecule has 3 heterocycles. The van der Waals surface area contributed by atoms with Gasteiger partial charge >= 0.3 is 6.09 Å². The molecule has 0 radical (unpaired) electrons. The van der Waals surface area contributed by atoms with Crippen LogP contribution in [0.1, 0.15) is 18.4 Å². The van der Waals surface area contributed by atoms with Gasteiger partial charge in [-0.15, -0.1) is 0 Å². The lowest BCUT2D eigenvalue weighted by Gasteiger charge is -2.41. The minimum Gasteiger partial charge on any atom is -0.497 e. The van der Waals surface area contributed by atoms with E-state index in [1.165, 1.54) is 18.5 Å². The Labute approximate surface area is 213 Å². The van der Waals surface area contributed by atoms with Gasteiger partial charge in [0.2, 0.25) is 5.75 Å². The van der Waals surface area contributed by atoms with Gasteiger partial charge in [-0.3, -0.25) is 0 Å². The Kier molecular flexibility index (Phi) is 6.89. The van der Waals surface area contributed by atoms with Crippen molar-refractivity contribution in [3.8, 4) is 23.3 Å². The van der Waals surface area contributed by atoms with Crippen molar-refractivity contribution in [2.24, 2.45) is 0 Å². The van der Waals surface area contributed by atoms with Gasteiger partial charge in [-0.25, -0.2) is 19.2 Å². The monoisotopic (exact) mass is 504 g/mol. The van der Waals surface area contributed by atoms with E-state index in [0.29, 0.717) is 55.1 Å². The summed E-state index contributed by atoms with van der Waals surface area (Å²) in [7, 11) is 1.58. The van der Waals surface area contributed by atoms with E-state index in [4.69, 9.17) is 19.5 Å². The zero-order valence-corrected chi connectivity index (χ0v) is 20.2. The standard InChI is InChI=1S/C26H25FN6O4/c1-35-19-3-5-20(6-4-19)37-26(34)32-10-8-18(9-11-32)33-12-13-36-23-24(29-16-30-25(23)33)31-22-7-2-17(15-28)14-21(22)27/h2-7,14,16,18H,8-13H2,1H3,(H,29,30,31). The molecule has 37 heavy (non-hydrogen) atoms. The second-order valence-corrected chi connectivity index (χ2v) is 8.61. The largest absolute Gasteiger partial charge is 0.497 e. The zero-order chi connectivity index (χ0) is 25.8. The number of fused-ring (bicyclic) bond motifs is 1. The molecular weight excluding hydrogens is 479 g/mol. The molecule has 190 valence electrons. The van der Waals surface area contributed by atoms with Crippen LogP contribution < -0.4 is 24.4 Å². The second-order valence-electron chi connectivity index (χ2n) is 8.61. The number of rotatable bonds is 5. The van der Waals surface area contributed by atoms with Crippen molar-refractivity contribution in [3.05, 3.63) is 60.2 Å². The summed E-state index contributed by atoms with van der Waals surface area (Å²) in [6, 6.07) is 13.1. The van der Waals surface area contributed by atoms with Crippen molar-refractivity contribution in [2.75, 3.05) is 43.6 Å². The summed E-state index contributed by atoms with van der Waals surface area (Å²) in [4.78, 5) is 25.2. The Bertz CT molecular complexity index is 1320. The molecule has 0 spiro atoms. The Morgan fingerprint density at radius 2 is 1.89 bits per heavy atom. The number of nitriles is 1. The summed E-state index contributed by atoms with van der Waals surface area (Å²) >= 11 is 0. The Balaban J connectivity index is 1.24. The number of amides is 1. The van der Waals surface area contributed by atoms with Crippen LogP contribution in [0.25, 0.3) is 0 Å². The van der Waals surface area contributed by atoms with Gasteiger partial charge in [0.25, 0.3) is 0 Å². The highest BCUT2D eigenvalue weighted by Gasteiger charge is 2.33. The number of nitrogens with zero attached hydrogens (tertiary/aromatic N) is 5. The van der Waals surface area contributed by atoms with Crippen LogP contribution in [-0.2, 0) is 0 Å². The highest BCUT2D eigenvalue weighted by molar-refractivity contribution is 5.72. The molecule has 1 N–H and O–H groups in total. The molecule has 10 nitrogen and oxygen atoms in total. The van der Waals surface area contributed by atoms with Crippen molar-refractivity contribution in [1.82, 2.24) is 14.9 Å². The number of hydrogen-bond donors (Lipinski definition) is 1. The Morgan fingerprint density at radius 3 is 2.59 bits per heavy atom. The molecule has 5 rings (SSSR count). The number of aromatic nitrogens is 2. The molecule has 1 fully saturated rings. The van der Waals surface area contributed by atoms with Gasteiger partial charge in [0.1, 0.15) is 30.3 Å². The lowest BCUT2D eigenvalue weighted by Crippen LogP contribution is -2.50. The van der Waals surface area contributed by atoms with Gasteiger partial charge in [0.15, 0.2) is 11.6 Å². The molecule has 1 aromatic heterocycles. The topological polar surface area (TPSA) is 113 Å². The summed E-state index contributed by atoms with van der Waals surface area (Å²) in [5.74, 6) is 2.00. The normalized spacial score (nSPS) is 15.3. The molecule has 2 aliphatic heterocycles. The Hall–Kier alpha value is -4.59. The number of methoxy groups -OCH3 is 1. The van der Waals surface area contributed by atoms with E-state index in [-0.39, 0.29) is 23.4 Å². The molecule has 2 aromatic carbocycles. The highest BCUT2D eigenvalue weighted by Crippen LogP contribution is 2.39. The van der Waals surface area contributed by atoms with E-state index in [9.17, 15) is 9.18 Å². The molecule has 0 unspecified atom stereocenters. The lowest BCUT2D eigenvalue weighted by atomic mass is 10.0. The van der Waals surface area contributed by atoms with E-state index < -0.39 is 5.82 Å². The highest BCUT2D eigenvalue weighted by atomic mass is 19.1. The number of halogens is 1. The minimum atomic E-state index is -0.562. The quantitative estimate of drug-likeness (QED) is 0.549. The SMILES string of the molecule is COc1ccc(OC(=O)N2CCC(N3CCOc4c(Nc5ccc(C#N)cc5F)ncnc43)CC2)cc1. The molecular formula is C26H25FN6O4. The van der Waals surface area contributed by atoms with Gasteiger partial charge in [0, 0.05) is 19.1 Å². The van der Waals surface area contributed by atoms with E-state index >= 15 is 0 Å². The van der Waals surface area contributed by atoms with Gasteiger partial charge in [-0.1, -0.05) is 0 Å². The van der Waals surface area contributed by atoms with Crippen LogP contribution in [0.2, 0.25) is 0 Å². The first-order chi connectivity index (χ1) is 18.1. The molecule has 3 aromatic rings. The van der Waals surface area contributed by atoms with E-state index in [1.54, 1.807) is 36.3 Å². The molecule has 0 aliphatic carbocycles. The molecule has 0 atom stereocenters. The fraction of sp³-hybridized carbons (Fsp3) is 0.308. The summed E-state index contributed by atoms with van der Waals surface area (Å²) in [6.07, 6.45) is 2.48. The number of hydrogen-bond acceptors (Lipinski definition) is 9. The number of nitrogens with one attached hydrogen (secondary N) is 1. The van der Waals surface area contributed by atoms with Crippen molar-refractivity contribution < 1.29 is 23.4 Å². The molecule has 1 amide bonds. The first-order valence-corrected chi connectivity index (χ1v) is 11.9. The molecule has 0 saturated carbocycles. The number of carbonyl (C=O) groups is 1. The van der Waals surface area contributed by atoms with Crippen LogP contribution in [0.3, 0.4) is 0 Å². The maximum atomic E-state index is 14.4. The number of benzene rings is 2. The Morgan fingerprint density at radius 1 is 1.14 bits per heavy atom. The average molecular weight is 505 g/mol. The van der Waals surface area contributed by atoms with E-state index in [1.807, 2.05) is 6.07 Å². The summed E-state index contributed by atoms with van der Waals surface area (Å²) in [5, 5.41) is 11.9. The summed E-state index contributed by atoms with van der Waals surface area (Å²) in [6.45, 7) is 2.14. The number of carbonyl (C=O) groups excluding carboxylic acids is 1. The number of piperidine rings is 1. The predicted octanol–water partition coefficient (Wildman–Crippen LogP) is 4.10. The smallest absolute Gasteiger partial charge is 0.415 e. The molecule has 2 aliphatic rings. The third-order valence-corrected chi connectivity index (χ3v) is 6.41. The minimum absolute atomic E-state index is 0.141. The molecule has 0 bridgehead atoms. The van der Waals surface area contributed by atoms with Crippen molar-refractivity contribution in [3.63, 3.8) is 0 Å². The summed E-state index contributed by atoms with van der Waals surface area (Å²) in [5.41, 5.74) is 0.415. The summed E-state index contributed by atoms with van der Waals surface area (Å²) < 4.78 is 31.0. The third-order valence-electron chi connectivity index (χ3n) is 6.41. The first-order valence-electron chi connectivity index (χ1n) is 11.9. The van der Waals surface area contributed by atoms with Gasteiger partial charge in [-0.05, 0) is 55.3 Å². The average Bonchev–Trinajstić information content (AvgIpc) is 2.94. The first kappa shape index (κ1) is 24.1. The van der Waals surface area contributed by atoms with Crippen LogP contribution >= 0.6 is 0 Å². The molecule has 1 saturated heterocycles. The van der Waals surface area contributed by atoms with Crippen LogP contribution in [0.4, 0.5) is 26.5 Å². The van der Waals surface area contributed by atoms with E-state index in [0.717, 1.165) is 18.9 Å². The van der Waals surface area contributed by atoms with Gasteiger partial charge in [0.05, 0.1) is 31.0 Å². The number of likely N-dealkylation sites (tertiary alicyclic amines) is 1. The van der Waals surface area contributed by atoms with Crippen molar-refractivity contribution in [2.45, 2.75) is 18.9 Å². The van der Waals surface area contributed by atoms with Crippen molar-refractivity contribution in [1.29, 1.82) is 5.26 Å². The van der Waals surface area contributed by atoms with Gasteiger partial charge < -0.3 is 29.3 Å². The van der Waals surface area contributed by atoms with E-state index in [2.05, 4.69) is 20.2 Å². The maximum Gasteiger partial charge on any atom is 0.415 e. The predicted molar refractivity (Wildman–Crippen MR) is 133 cm³/mol. The zero-order valence-electron chi connectivity index (χ0n) is 20.2.